The van der Waals surface area contributed by atoms with E-state index >= 15 is 0 Å². The Morgan fingerprint density at radius 3 is 2.41 bits per heavy atom. The van der Waals surface area contributed by atoms with Crippen LogP contribution in [0.5, 0.6) is 0 Å². The number of rotatable bonds is 9. The van der Waals surface area contributed by atoms with Gasteiger partial charge in [0.15, 0.2) is 10.9 Å². The fraction of sp³-hybridized carbons (Fsp3) is 0.370. The maximum atomic E-state index is 12.5. The number of Topliss-reactive ketones (excluding diaryl/α,β-unsaturated/α-hetero) is 1. The number of carbonyl (C=O) groups excluding carboxylic acids is 2. The maximum Gasteiger partial charge on any atom is 0.226 e. The second-order valence-corrected chi connectivity index (χ2v) is 9.69. The summed E-state index contributed by atoms with van der Waals surface area (Å²) < 4.78 is 0. The summed E-state index contributed by atoms with van der Waals surface area (Å²) in [6, 6.07) is 14.0. The minimum atomic E-state index is -0.179. The Labute approximate surface area is 195 Å². The first-order chi connectivity index (χ1) is 15.3. The third-order valence-electron chi connectivity index (χ3n) is 5.55. The van der Waals surface area contributed by atoms with E-state index in [2.05, 4.69) is 58.1 Å². The molecule has 1 heterocycles. The van der Waals surface area contributed by atoms with Crippen LogP contribution in [-0.4, -0.2) is 16.7 Å². The lowest BCUT2D eigenvalue weighted by Crippen LogP contribution is -2.13. The van der Waals surface area contributed by atoms with E-state index in [9.17, 15) is 9.59 Å². The topological polar surface area (TPSA) is 59.1 Å². The Morgan fingerprint density at radius 1 is 1.03 bits per heavy atom. The fourth-order valence-electron chi connectivity index (χ4n) is 3.61. The van der Waals surface area contributed by atoms with Crippen LogP contribution in [0.3, 0.4) is 0 Å². The molecule has 1 N–H and O–H groups in total. The minimum absolute atomic E-state index is 0.0164. The summed E-state index contributed by atoms with van der Waals surface area (Å²) in [7, 11) is 0. The number of nitrogens with one attached hydrogen (secondary N) is 1. The smallest absolute Gasteiger partial charge is 0.226 e. The largest absolute Gasteiger partial charge is 0.302 e. The average molecular weight is 449 g/mol. The van der Waals surface area contributed by atoms with Crippen LogP contribution >= 0.6 is 11.3 Å². The zero-order valence-corrected chi connectivity index (χ0v) is 20.4. The number of thiazole rings is 1. The third kappa shape index (κ3) is 5.92. The summed E-state index contributed by atoms with van der Waals surface area (Å²) in [5, 5.41) is 3.51. The summed E-state index contributed by atoms with van der Waals surface area (Å²) in [5.41, 5.74) is 6.28. The molecule has 0 aliphatic carbocycles. The zero-order chi connectivity index (χ0) is 23.3. The molecule has 2 aromatic carbocycles. The monoisotopic (exact) mass is 448 g/mol. The summed E-state index contributed by atoms with van der Waals surface area (Å²) >= 11 is 1.53. The molecule has 4 nitrogen and oxygen atoms in total. The van der Waals surface area contributed by atoms with Crippen LogP contribution in [0.1, 0.15) is 77.9 Å². The Kier molecular flexibility index (Phi) is 7.97. The van der Waals surface area contributed by atoms with E-state index in [1.807, 2.05) is 24.3 Å². The van der Waals surface area contributed by atoms with E-state index in [4.69, 9.17) is 4.98 Å². The highest BCUT2D eigenvalue weighted by molar-refractivity contribution is 7.16. The molecule has 0 spiro atoms. The number of anilines is 1. The lowest BCUT2D eigenvalue weighted by Gasteiger charge is -2.07. The van der Waals surface area contributed by atoms with E-state index in [-0.39, 0.29) is 24.5 Å². The van der Waals surface area contributed by atoms with Crippen LogP contribution in [0.2, 0.25) is 0 Å². The van der Waals surface area contributed by atoms with Crippen molar-refractivity contribution in [3.05, 3.63) is 69.6 Å². The summed E-state index contributed by atoms with van der Waals surface area (Å²) in [6.07, 6.45) is 2.26. The van der Waals surface area contributed by atoms with Crippen LogP contribution < -0.4 is 5.32 Å². The van der Waals surface area contributed by atoms with Gasteiger partial charge in [0.25, 0.3) is 0 Å². The number of hydrogen-bond acceptors (Lipinski definition) is 4. The molecule has 0 aliphatic heterocycles. The molecule has 0 unspecified atom stereocenters. The maximum absolute atomic E-state index is 12.5. The van der Waals surface area contributed by atoms with Crippen molar-refractivity contribution < 1.29 is 9.59 Å². The normalized spacial score (nSPS) is 11.1. The quantitative estimate of drug-likeness (QED) is 0.355. The highest BCUT2D eigenvalue weighted by Gasteiger charge is 2.17. The number of ketones is 1. The van der Waals surface area contributed by atoms with Gasteiger partial charge in [-0.15, -0.1) is 11.3 Å². The molecular weight excluding hydrogens is 416 g/mol. The van der Waals surface area contributed by atoms with Gasteiger partial charge in [0.05, 0.1) is 5.69 Å². The van der Waals surface area contributed by atoms with Crippen molar-refractivity contribution in [1.29, 1.82) is 0 Å². The minimum Gasteiger partial charge on any atom is -0.302 e. The van der Waals surface area contributed by atoms with Gasteiger partial charge >= 0.3 is 0 Å². The first-order valence-electron chi connectivity index (χ1n) is 11.3. The summed E-state index contributed by atoms with van der Waals surface area (Å²) in [6.45, 7) is 10.5. The van der Waals surface area contributed by atoms with E-state index in [0.717, 1.165) is 24.1 Å². The van der Waals surface area contributed by atoms with Gasteiger partial charge in [-0.25, -0.2) is 4.98 Å². The molecule has 0 fully saturated rings. The molecule has 3 rings (SSSR count). The molecule has 3 aromatic rings. The lowest BCUT2D eigenvalue weighted by molar-refractivity contribution is -0.116. The number of benzene rings is 2. The van der Waals surface area contributed by atoms with Crippen molar-refractivity contribution in [2.24, 2.45) is 0 Å². The van der Waals surface area contributed by atoms with Gasteiger partial charge in [-0.3, -0.25) is 9.59 Å². The van der Waals surface area contributed by atoms with E-state index < -0.39 is 0 Å². The first kappa shape index (κ1) is 23.9. The van der Waals surface area contributed by atoms with Gasteiger partial charge in [-0.05, 0) is 43.4 Å². The molecule has 168 valence electrons. The molecule has 1 aromatic heterocycles. The van der Waals surface area contributed by atoms with Crippen LogP contribution in [0.25, 0.3) is 11.3 Å². The third-order valence-corrected chi connectivity index (χ3v) is 6.58. The Morgan fingerprint density at radius 2 is 1.75 bits per heavy atom. The lowest BCUT2D eigenvalue weighted by atomic mass is 9.99. The number of amides is 1. The van der Waals surface area contributed by atoms with E-state index in [1.54, 1.807) is 0 Å². The molecule has 0 saturated heterocycles. The fourth-order valence-corrected chi connectivity index (χ4v) is 4.70. The number of aromatic nitrogens is 1. The van der Waals surface area contributed by atoms with Crippen molar-refractivity contribution in [2.75, 3.05) is 5.32 Å². The number of carbonyl (C=O) groups is 2. The standard InChI is InChI=1S/C27H32N2O2S/c1-6-7-24-26(22-16-18(4)8-9-19(22)5)29-27(32-24)28-25(31)15-14-23(30)21-12-10-20(11-13-21)17(2)3/h8-13,16-17H,6-7,14-15H2,1-5H3,(H,28,29,31). The molecule has 0 aliphatic rings. The molecule has 0 bridgehead atoms. The summed E-state index contributed by atoms with van der Waals surface area (Å²) in [4.78, 5) is 31.0. The molecule has 0 radical (unpaired) electrons. The predicted octanol–water partition coefficient (Wildman–Crippen LogP) is 7.10. The van der Waals surface area contributed by atoms with Gasteiger partial charge in [-0.2, -0.15) is 0 Å². The molecule has 1 amide bonds. The second-order valence-electron chi connectivity index (χ2n) is 8.61. The van der Waals surface area contributed by atoms with Gasteiger partial charge in [0.1, 0.15) is 0 Å². The highest BCUT2D eigenvalue weighted by atomic mass is 32.1. The number of aryl methyl sites for hydroxylation is 3. The molecule has 32 heavy (non-hydrogen) atoms. The number of nitrogens with zero attached hydrogens (tertiary/aromatic N) is 1. The SMILES string of the molecule is CCCc1sc(NC(=O)CCC(=O)c2ccc(C(C)C)cc2)nc1-c1cc(C)ccc1C. The van der Waals surface area contributed by atoms with Crippen LogP contribution in [0, 0.1) is 13.8 Å². The second kappa shape index (κ2) is 10.7. The molecular formula is C27H32N2O2S. The van der Waals surface area contributed by atoms with Crippen LogP contribution in [0.15, 0.2) is 42.5 Å². The number of hydrogen-bond donors (Lipinski definition) is 1. The van der Waals surface area contributed by atoms with Crippen LogP contribution in [0.4, 0.5) is 5.13 Å². The molecule has 0 atom stereocenters. The predicted molar refractivity (Wildman–Crippen MR) is 134 cm³/mol. The molecule has 5 heteroatoms. The zero-order valence-electron chi connectivity index (χ0n) is 19.6. The average Bonchev–Trinajstić information content (AvgIpc) is 3.15. The van der Waals surface area contributed by atoms with Gasteiger partial charge in [0, 0.05) is 28.8 Å². The van der Waals surface area contributed by atoms with Crippen molar-refractivity contribution in [3.63, 3.8) is 0 Å². The Balaban J connectivity index is 1.67. The van der Waals surface area contributed by atoms with E-state index in [0.29, 0.717) is 16.6 Å². The van der Waals surface area contributed by atoms with E-state index in [1.165, 1.54) is 32.9 Å². The van der Waals surface area contributed by atoms with Crippen molar-refractivity contribution >= 4 is 28.2 Å². The summed E-state index contributed by atoms with van der Waals surface area (Å²) in [5.74, 6) is 0.230. The highest BCUT2D eigenvalue weighted by Crippen LogP contribution is 2.34. The first-order valence-corrected chi connectivity index (χ1v) is 12.1. The molecule has 0 saturated carbocycles. The van der Waals surface area contributed by atoms with Gasteiger partial charge in [-0.1, -0.05) is 69.2 Å². The van der Waals surface area contributed by atoms with Crippen molar-refractivity contribution in [1.82, 2.24) is 4.98 Å². The van der Waals surface area contributed by atoms with Gasteiger partial charge < -0.3 is 5.32 Å². The van der Waals surface area contributed by atoms with Gasteiger partial charge in [0.2, 0.25) is 5.91 Å². The Hall–Kier alpha value is -2.79. The van der Waals surface area contributed by atoms with Crippen LogP contribution in [-0.2, 0) is 11.2 Å². The van der Waals surface area contributed by atoms with Crippen molar-refractivity contribution in [3.8, 4) is 11.3 Å². The Bertz CT molecular complexity index is 1100. The van der Waals surface area contributed by atoms with Crippen molar-refractivity contribution in [2.45, 2.75) is 66.2 Å².